The monoisotopic (exact) mass is 256 g/mol. The number of hydrogen-bond donors (Lipinski definition) is 0. The topological polar surface area (TPSA) is 35.0 Å². The summed E-state index contributed by atoms with van der Waals surface area (Å²) in [6.07, 6.45) is 4.77. The van der Waals surface area contributed by atoms with Crippen LogP contribution in [0.3, 0.4) is 0 Å². The van der Waals surface area contributed by atoms with E-state index in [9.17, 15) is 0 Å². The van der Waals surface area contributed by atoms with Crippen LogP contribution in [0.4, 0.5) is 0 Å². The van der Waals surface area contributed by atoms with Crippen LogP contribution in [-0.2, 0) is 0 Å². The summed E-state index contributed by atoms with van der Waals surface area (Å²) in [6, 6.07) is 11.5. The smallest absolute Gasteiger partial charge is 0.237 e. The van der Waals surface area contributed by atoms with Crippen molar-refractivity contribution in [1.29, 1.82) is 0 Å². The summed E-state index contributed by atoms with van der Waals surface area (Å²) in [7, 11) is 0. The average Bonchev–Trinajstić information content (AvgIpc) is 2.44. The quantitative estimate of drug-likeness (QED) is 0.693. The van der Waals surface area contributed by atoms with Gasteiger partial charge in [0, 0.05) is 28.2 Å². The van der Waals surface area contributed by atoms with E-state index >= 15 is 0 Å². The summed E-state index contributed by atoms with van der Waals surface area (Å²) < 4.78 is 5.71. The third-order valence-corrected chi connectivity index (χ3v) is 2.91. The number of nitrogens with zero attached hydrogens (tertiary/aromatic N) is 2. The van der Waals surface area contributed by atoms with E-state index in [-0.39, 0.29) is 0 Å². The normalized spacial score (nSPS) is 10.5. The van der Waals surface area contributed by atoms with Crippen molar-refractivity contribution in [2.45, 2.75) is 0 Å². The zero-order chi connectivity index (χ0) is 12.4. The number of hydrogen-bond acceptors (Lipinski definition) is 3. The molecule has 4 heteroatoms. The molecule has 0 bridgehead atoms. The summed E-state index contributed by atoms with van der Waals surface area (Å²) in [5.74, 6) is 1.18. The molecule has 0 saturated carbocycles. The zero-order valence-electron chi connectivity index (χ0n) is 9.38. The van der Waals surface area contributed by atoms with Gasteiger partial charge < -0.3 is 4.74 Å². The fourth-order valence-electron chi connectivity index (χ4n) is 1.77. The number of halogens is 1. The highest BCUT2D eigenvalue weighted by atomic mass is 35.5. The van der Waals surface area contributed by atoms with Crippen molar-refractivity contribution in [1.82, 2.24) is 9.97 Å². The van der Waals surface area contributed by atoms with Crippen molar-refractivity contribution >= 4 is 22.4 Å². The van der Waals surface area contributed by atoms with Gasteiger partial charge in [-0.25, -0.2) is 4.98 Å². The fraction of sp³-hybridized carbons (Fsp3) is 0. The molecule has 3 nitrogen and oxygen atoms in total. The Labute approximate surface area is 109 Å². The number of fused-ring (bicyclic) bond motifs is 1. The number of aromatic nitrogens is 2. The van der Waals surface area contributed by atoms with E-state index in [1.54, 1.807) is 18.6 Å². The van der Waals surface area contributed by atoms with Crippen LogP contribution in [0.5, 0.6) is 11.6 Å². The van der Waals surface area contributed by atoms with Gasteiger partial charge in [-0.2, -0.15) is 0 Å². The van der Waals surface area contributed by atoms with Crippen molar-refractivity contribution in [3.8, 4) is 11.6 Å². The molecule has 1 aromatic heterocycles. The van der Waals surface area contributed by atoms with E-state index in [1.165, 1.54) is 0 Å². The van der Waals surface area contributed by atoms with E-state index < -0.39 is 0 Å². The second-order valence-electron chi connectivity index (χ2n) is 3.74. The minimum atomic E-state index is 0.463. The minimum Gasteiger partial charge on any atom is -0.437 e. The van der Waals surface area contributed by atoms with Gasteiger partial charge in [0.25, 0.3) is 0 Å². The molecular weight excluding hydrogens is 248 g/mol. The van der Waals surface area contributed by atoms with Crippen LogP contribution in [0.15, 0.2) is 55.0 Å². The summed E-state index contributed by atoms with van der Waals surface area (Å²) in [5, 5.41) is 2.62. The van der Waals surface area contributed by atoms with Gasteiger partial charge in [-0.05, 0) is 12.1 Å². The second-order valence-corrected chi connectivity index (χ2v) is 4.14. The van der Waals surface area contributed by atoms with E-state index in [4.69, 9.17) is 16.3 Å². The molecule has 0 atom stereocenters. The summed E-state index contributed by atoms with van der Waals surface area (Å²) in [6.45, 7) is 0. The van der Waals surface area contributed by atoms with E-state index in [0.717, 1.165) is 16.5 Å². The van der Waals surface area contributed by atoms with Crippen molar-refractivity contribution in [2.75, 3.05) is 0 Å². The third kappa shape index (κ3) is 2.00. The molecule has 0 unspecified atom stereocenters. The highest BCUT2D eigenvalue weighted by Crippen LogP contribution is 2.33. The van der Waals surface area contributed by atoms with Crippen molar-refractivity contribution in [2.24, 2.45) is 0 Å². The maximum atomic E-state index is 6.15. The molecule has 2 aromatic carbocycles. The van der Waals surface area contributed by atoms with E-state index in [1.807, 2.05) is 36.4 Å². The Bertz CT molecular complexity index is 686. The molecule has 88 valence electrons. The summed E-state index contributed by atoms with van der Waals surface area (Å²) in [4.78, 5) is 8.05. The lowest BCUT2D eigenvalue weighted by Gasteiger charge is -2.08. The van der Waals surface area contributed by atoms with Crippen molar-refractivity contribution in [3.63, 3.8) is 0 Å². The molecule has 0 aliphatic carbocycles. The molecule has 0 saturated heterocycles. The Morgan fingerprint density at radius 3 is 2.56 bits per heavy atom. The number of benzene rings is 2. The Kier molecular flexibility index (Phi) is 2.82. The first-order valence-electron chi connectivity index (χ1n) is 5.46. The Hall–Kier alpha value is -2.13. The molecule has 3 aromatic rings. The van der Waals surface area contributed by atoms with Crippen LogP contribution in [-0.4, -0.2) is 9.97 Å². The third-order valence-electron chi connectivity index (χ3n) is 2.58. The standard InChI is InChI=1S/C14H9ClN2O/c15-12-5-6-13(11-4-2-1-3-10(11)12)18-14-9-16-7-8-17-14/h1-9H. The largest absolute Gasteiger partial charge is 0.437 e. The maximum Gasteiger partial charge on any atom is 0.237 e. The molecule has 0 N–H and O–H groups in total. The fourth-order valence-corrected chi connectivity index (χ4v) is 2.00. The lowest BCUT2D eigenvalue weighted by molar-refractivity contribution is 0.465. The average molecular weight is 257 g/mol. The summed E-state index contributed by atoms with van der Waals surface area (Å²) in [5.41, 5.74) is 0. The molecule has 0 spiro atoms. The highest BCUT2D eigenvalue weighted by molar-refractivity contribution is 6.35. The van der Waals surface area contributed by atoms with Gasteiger partial charge in [0.1, 0.15) is 5.75 Å². The lowest BCUT2D eigenvalue weighted by Crippen LogP contribution is -1.89. The number of rotatable bonds is 2. The molecule has 0 aliphatic heterocycles. The number of ether oxygens (including phenoxy) is 1. The molecular formula is C14H9ClN2O. The predicted octanol–water partition coefficient (Wildman–Crippen LogP) is 4.08. The van der Waals surface area contributed by atoms with Crippen LogP contribution in [0.25, 0.3) is 10.8 Å². The molecule has 0 amide bonds. The first kappa shape index (κ1) is 11.0. The first-order valence-corrected chi connectivity index (χ1v) is 5.83. The SMILES string of the molecule is Clc1ccc(Oc2cnccn2)c2ccccc12. The zero-order valence-corrected chi connectivity index (χ0v) is 10.1. The van der Waals surface area contributed by atoms with E-state index in [2.05, 4.69) is 9.97 Å². The molecule has 18 heavy (non-hydrogen) atoms. The first-order chi connectivity index (χ1) is 8.84. The van der Waals surface area contributed by atoms with Crippen LogP contribution in [0, 0.1) is 0 Å². The summed E-state index contributed by atoms with van der Waals surface area (Å²) >= 11 is 6.15. The molecule has 3 rings (SSSR count). The van der Waals surface area contributed by atoms with Gasteiger partial charge in [-0.15, -0.1) is 0 Å². The molecule has 0 aliphatic rings. The molecule has 1 heterocycles. The molecule has 0 radical (unpaired) electrons. The van der Waals surface area contributed by atoms with Crippen molar-refractivity contribution < 1.29 is 4.74 Å². The predicted molar refractivity (Wildman–Crippen MR) is 71.1 cm³/mol. The van der Waals surface area contributed by atoms with Gasteiger partial charge in [0.15, 0.2) is 0 Å². The Morgan fingerprint density at radius 1 is 0.944 bits per heavy atom. The second kappa shape index (κ2) is 4.63. The van der Waals surface area contributed by atoms with Crippen molar-refractivity contribution in [3.05, 3.63) is 60.0 Å². The molecule has 0 fully saturated rings. The van der Waals surface area contributed by atoms with Gasteiger partial charge in [-0.3, -0.25) is 4.98 Å². The Morgan fingerprint density at radius 2 is 1.78 bits per heavy atom. The van der Waals surface area contributed by atoms with Gasteiger partial charge in [-0.1, -0.05) is 35.9 Å². The van der Waals surface area contributed by atoms with Crippen LogP contribution in [0.1, 0.15) is 0 Å². The minimum absolute atomic E-state index is 0.463. The van der Waals surface area contributed by atoms with Gasteiger partial charge >= 0.3 is 0 Å². The Balaban J connectivity index is 2.10. The maximum absolute atomic E-state index is 6.15. The van der Waals surface area contributed by atoms with Crippen LogP contribution in [0.2, 0.25) is 5.02 Å². The highest BCUT2D eigenvalue weighted by Gasteiger charge is 2.06. The van der Waals surface area contributed by atoms with Gasteiger partial charge in [0.05, 0.1) is 6.20 Å². The van der Waals surface area contributed by atoms with E-state index in [0.29, 0.717) is 10.9 Å². The van der Waals surface area contributed by atoms with Gasteiger partial charge in [0.2, 0.25) is 5.88 Å². The van der Waals surface area contributed by atoms with Crippen LogP contribution >= 0.6 is 11.6 Å². The van der Waals surface area contributed by atoms with Crippen LogP contribution < -0.4 is 4.74 Å². The lowest BCUT2D eigenvalue weighted by atomic mass is 10.1.